The molecule has 2 heterocycles. The summed E-state index contributed by atoms with van der Waals surface area (Å²) in [5.74, 6) is 0. The lowest BCUT2D eigenvalue weighted by atomic mass is 9.93. The van der Waals surface area contributed by atoms with Gasteiger partial charge in [0.05, 0.1) is 22.1 Å². The second kappa shape index (κ2) is 10.6. The Bertz CT molecular complexity index is 3180. The van der Waals surface area contributed by atoms with Crippen molar-refractivity contribution in [3.8, 4) is 22.5 Å². The minimum absolute atomic E-state index is 0.784. The van der Waals surface area contributed by atoms with Crippen LogP contribution >= 0.6 is 0 Å². The van der Waals surface area contributed by atoms with Gasteiger partial charge < -0.3 is 14.9 Å². The summed E-state index contributed by atoms with van der Waals surface area (Å²) in [4.78, 5) is 0. The summed E-state index contributed by atoms with van der Waals surface area (Å²) >= 11 is 0. The number of para-hydroxylation sites is 3. The van der Waals surface area contributed by atoms with Crippen molar-refractivity contribution in [3.05, 3.63) is 176 Å². The molecule has 0 spiro atoms. The van der Waals surface area contributed by atoms with Gasteiger partial charge in [0.15, 0.2) is 0 Å². The van der Waals surface area contributed by atoms with E-state index in [0.29, 0.717) is 0 Å². The third-order valence-corrected chi connectivity index (χ3v) is 10.8. The molecule has 0 aliphatic rings. The number of anilines is 1. The zero-order valence-electron chi connectivity index (χ0n) is 27.7. The van der Waals surface area contributed by atoms with Crippen LogP contribution in [0.25, 0.3) is 98.4 Å². The Morgan fingerprint density at radius 2 is 0.882 bits per heavy atom. The number of rotatable bonds is 3. The third kappa shape index (κ3) is 4.00. The van der Waals surface area contributed by atoms with E-state index in [-0.39, 0.29) is 0 Å². The number of nitrogen functional groups attached to an aromatic ring is 1. The van der Waals surface area contributed by atoms with Crippen molar-refractivity contribution in [2.75, 3.05) is 5.73 Å². The van der Waals surface area contributed by atoms with Crippen molar-refractivity contribution < 1.29 is 0 Å². The highest BCUT2D eigenvalue weighted by Crippen LogP contribution is 2.42. The summed E-state index contributed by atoms with van der Waals surface area (Å²) in [6.45, 7) is 0. The van der Waals surface area contributed by atoms with Crippen molar-refractivity contribution in [1.29, 1.82) is 0 Å². The highest BCUT2D eigenvalue weighted by atomic mass is 15.0. The predicted octanol–water partition coefficient (Wildman–Crippen LogP) is 12.6. The summed E-state index contributed by atoms with van der Waals surface area (Å²) in [6, 6.07) is 63.9. The van der Waals surface area contributed by atoms with E-state index in [9.17, 15) is 0 Å². The van der Waals surface area contributed by atoms with Crippen LogP contribution in [0, 0.1) is 0 Å². The highest BCUT2D eigenvalue weighted by molar-refractivity contribution is 6.26. The fourth-order valence-corrected chi connectivity index (χ4v) is 8.64. The molecule has 0 saturated carbocycles. The van der Waals surface area contributed by atoms with Gasteiger partial charge in [0.2, 0.25) is 0 Å². The Balaban J connectivity index is 1.16. The first-order chi connectivity index (χ1) is 25.2. The zero-order valence-corrected chi connectivity index (χ0v) is 27.7. The molecule has 51 heavy (non-hydrogen) atoms. The lowest BCUT2D eigenvalue weighted by molar-refractivity contribution is 1.18. The molecule has 3 heteroatoms. The fourth-order valence-electron chi connectivity index (χ4n) is 8.64. The Morgan fingerprint density at radius 3 is 1.67 bits per heavy atom. The van der Waals surface area contributed by atoms with Crippen molar-refractivity contribution in [1.82, 2.24) is 9.13 Å². The molecule has 11 aromatic rings. The molecule has 238 valence electrons. The lowest BCUT2D eigenvalue weighted by Crippen LogP contribution is -1.95. The van der Waals surface area contributed by atoms with E-state index in [1.807, 2.05) is 6.07 Å². The summed E-state index contributed by atoms with van der Waals surface area (Å²) in [6.07, 6.45) is 0. The molecule has 3 nitrogen and oxygen atoms in total. The predicted molar refractivity (Wildman–Crippen MR) is 217 cm³/mol. The van der Waals surface area contributed by atoms with Crippen LogP contribution in [0.1, 0.15) is 0 Å². The molecule has 11 rings (SSSR count). The zero-order chi connectivity index (χ0) is 33.6. The topological polar surface area (TPSA) is 35.9 Å². The Kier molecular flexibility index (Phi) is 5.82. The van der Waals surface area contributed by atoms with E-state index in [1.165, 1.54) is 92.7 Å². The van der Waals surface area contributed by atoms with Crippen molar-refractivity contribution in [3.63, 3.8) is 0 Å². The van der Waals surface area contributed by atoms with Crippen LogP contribution in [0.2, 0.25) is 0 Å². The maximum absolute atomic E-state index is 6.27. The van der Waals surface area contributed by atoms with Crippen LogP contribution in [0.3, 0.4) is 0 Å². The molecule has 0 bridgehead atoms. The van der Waals surface area contributed by atoms with E-state index in [0.717, 1.165) is 11.4 Å². The summed E-state index contributed by atoms with van der Waals surface area (Å²) in [5, 5.41) is 12.4. The van der Waals surface area contributed by atoms with Gasteiger partial charge in [0.25, 0.3) is 0 Å². The average molecular weight is 650 g/mol. The number of hydrogen-bond donors (Lipinski definition) is 1. The second-order valence-corrected chi connectivity index (χ2v) is 13.6. The number of fused-ring (bicyclic) bond motifs is 12. The monoisotopic (exact) mass is 649 g/mol. The number of aromatic nitrogens is 2. The molecule has 9 aromatic carbocycles. The van der Waals surface area contributed by atoms with Gasteiger partial charge in [-0.2, -0.15) is 0 Å². The van der Waals surface area contributed by atoms with E-state index in [1.54, 1.807) is 0 Å². The maximum Gasteiger partial charge on any atom is 0.0547 e. The number of hydrogen-bond acceptors (Lipinski definition) is 1. The first kappa shape index (κ1) is 28.0. The van der Waals surface area contributed by atoms with E-state index >= 15 is 0 Å². The Labute approximate surface area is 294 Å². The highest BCUT2D eigenvalue weighted by Gasteiger charge is 2.19. The third-order valence-electron chi connectivity index (χ3n) is 10.8. The fraction of sp³-hybridized carbons (Fsp3) is 0. The molecule has 0 unspecified atom stereocenters. The summed E-state index contributed by atoms with van der Waals surface area (Å²) in [7, 11) is 0. The number of nitrogens with zero attached hydrogens (tertiary/aromatic N) is 2. The van der Waals surface area contributed by atoms with E-state index < -0.39 is 0 Å². The lowest BCUT2D eigenvalue weighted by Gasteiger charge is -2.14. The van der Waals surface area contributed by atoms with Crippen LogP contribution in [-0.2, 0) is 0 Å². The standard InChI is InChI=1S/C48H31N3/c49-31-22-24-37-38-25-23-33(29-42(38)36-14-5-4-13-35(36)41(37)28-31)51-44-18-8-6-15-39(44)43-27-30(21-26-46(43)51)34-17-10-20-47-48(34)40-16-7-9-19-45(40)50(47)32-11-2-1-3-12-32/h1-29H,49H2. The number of benzene rings is 9. The number of nitrogens with two attached hydrogens (primary N) is 1. The van der Waals surface area contributed by atoms with Gasteiger partial charge in [-0.3, -0.25) is 0 Å². The quantitative estimate of drug-likeness (QED) is 0.150. The molecule has 0 fully saturated rings. The van der Waals surface area contributed by atoms with Crippen LogP contribution < -0.4 is 5.73 Å². The van der Waals surface area contributed by atoms with Crippen molar-refractivity contribution >= 4 is 81.6 Å². The van der Waals surface area contributed by atoms with E-state index in [4.69, 9.17) is 5.73 Å². The molecule has 0 aliphatic carbocycles. The Hall–Kier alpha value is -6.84. The summed E-state index contributed by atoms with van der Waals surface area (Å²) in [5.41, 5.74) is 16.6. The van der Waals surface area contributed by atoms with Gasteiger partial charge in [0, 0.05) is 38.6 Å². The largest absolute Gasteiger partial charge is 0.399 e. The molecule has 0 radical (unpaired) electrons. The molecule has 0 saturated heterocycles. The smallest absolute Gasteiger partial charge is 0.0547 e. The van der Waals surface area contributed by atoms with E-state index in [2.05, 4.69) is 179 Å². The van der Waals surface area contributed by atoms with Gasteiger partial charge in [-0.05, 0) is 110 Å². The first-order valence-corrected chi connectivity index (χ1v) is 17.5. The van der Waals surface area contributed by atoms with Crippen molar-refractivity contribution in [2.45, 2.75) is 0 Å². The van der Waals surface area contributed by atoms with Crippen LogP contribution in [0.5, 0.6) is 0 Å². The molecule has 0 aliphatic heterocycles. The van der Waals surface area contributed by atoms with Gasteiger partial charge in [-0.1, -0.05) is 109 Å². The Morgan fingerprint density at radius 1 is 0.314 bits per heavy atom. The normalized spacial score (nSPS) is 12.0. The SMILES string of the molecule is Nc1ccc2c3ccc(-n4c5ccccc5c5cc(-c6cccc7c6c6ccccc6n7-c6ccccc6)ccc54)cc3c3ccccc3c2c1. The van der Waals surface area contributed by atoms with Gasteiger partial charge >= 0.3 is 0 Å². The van der Waals surface area contributed by atoms with Crippen LogP contribution in [-0.4, -0.2) is 9.13 Å². The van der Waals surface area contributed by atoms with Crippen LogP contribution in [0.15, 0.2) is 176 Å². The molecule has 0 atom stereocenters. The summed E-state index contributed by atoms with van der Waals surface area (Å²) < 4.78 is 4.82. The minimum atomic E-state index is 0.784. The molecular weight excluding hydrogens is 619 g/mol. The molecule has 2 N–H and O–H groups in total. The minimum Gasteiger partial charge on any atom is -0.399 e. The second-order valence-electron chi connectivity index (χ2n) is 13.6. The molecule has 2 aromatic heterocycles. The maximum atomic E-state index is 6.27. The van der Waals surface area contributed by atoms with Gasteiger partial charge in [-0.15, -0.1) is 0 Å². The molecular formula is C48H31N3. The molecule has 0 amide bonds. The van der Waals surface area contributed by atoms with Crippen molar-refractivity contribution in [2.24, 2.45) is 0 Å². The van der Waals surface area contributed by atoms with Crippen LogP contribution in [0.4, 0.5) is 5.69 Å². The average Bonchev–Trinajstić information content (AvgIpc) is 3.71. The van der Waals surface area contributed by atoms with Gasteiger partial charge in [-0.25, -0.2) is 0 Å². The first-order valence-electron chi connectivity index (χ1n) is 17.5. The van der Waals surface area contributed by atoms with Gasteiger partial charge in [0.1, 0.15) is 0 Å².